The summed E-state index contributed by atoms with van der Waals surface area (Å²) in [5, 5.41) is 10.4. The van der Waals surface area contributed by atoms with Crippen LogP contribution in [0, 0.1) is 11.6 Å². The smallest absolute Gasteiger partial charge is 0.301 e. The molecule has 2 aromatic heterocycles. The van der Waals surface area contributed by atoms with E-state index in [0.717, 1.165) is 42.5 Å². The number of benzene rings is 2. The van der Waals surface area contributed by atoms with Crippen LogP contribution in [0.4, 0.5) is 8.78 Å². The summed E-state index contributed by atoms with van der Waals surface area (Å²) in [6, 6.07) is 10.9. The maximum Gasteiger partial charge on any atom is 0.301 e. The summed E-state index contributed by atoms with van der Waals surface area (Å²) in [5.74, 6) is -0.819. The van der Waals surface area contributed by atoms with Crippen molar-refractivity contribution in [1.29, 1.82) is 0 Å². The normalized spacial score (nSPS) is 15.6. The lowest BCUT2D eigenvalue weighted by molar-refractivity contribution is 0.156. The Balaban J connectivity index is 1.40. The summed E-state index contributed by atoms with van der Waals surface area (Å²) in [5.41, 5.74) is 2.39. The second-order valence-electron chi connectivity index (χ2n) is 7.51. The van der Waals surface area contributed by atoms with Crippen LogP contribution in [0.3, 0.4) is 0 Å². The zero-order chi connectivity index (χ0) is 22.2. The number of fused-ring (bicyclic) bond motifs is 2. The molecule has 164 valence electrons. The highest BCUT2D eigenvalue weighted by Crippen LogP contribution is 2.37. The minimum Gasteiger partial charge on any atom is -0.471 e. The zero-order valence-electron chi connectivity index (χ0n) is 16.7. The number of aliphatic hydroxyl groups is 1. The van der Waals surface area contributed by atoms with Crippen molar-refractivity contribution in [3.8, 4) is 17.6 Å². The highest BCUT2D eigenvalue weighted by atomic mass is 35.5. The van der Waals surface area contributed by atoms with E-state index in [0.29, 0.717) is 11.3 Å². The van der Waals surface area contributed by atoms with Gasteiger partial charge in [-0.25, -0.2) is 8.78 Å². The Labute approximate surface area is 186 Å². The van der Waals surface area contributed by atoms with E-state index in [-0.39, 0.29) is 34.7 Å². The fourth-order valence-electron chi connectivity index (χ4n) is 3.83. The van der Waals surface area contributed by atoms with Crippen molar-refractivity contribution in [3.05, 3.63) is 75.8 Å². The number of H-pyrrole nitrogens is 1. The highest BCUT2D eigenvalue weighted by molar-refractivity contribution is 6.32. The van der Waals surface area contributed by atoms with E-state index >= 15 is 0 Å². The molecular weight excluding hydrogens is 440 g/mol. The van der Waals surface area contributed by atoms with Gasteiger partial charge in [-0.1, -0.05) is 29.8 Å². The number of aromatic amines is 1. The molecule has 1 atom stereocenters. The van der Waals surface area contributed by atoms with Crippen LogP contribution in [0.5, 0.6) is 17.6 Å². The average molecular weight is 458 g/mol. The van der Waals surface area contributed by atoms with Crippen molar-refractivity contribution in [2.24, 2.45) is 0 Å². The molecule has 9 heteroatoms. The van der Waals surface area contributed by atoms with Crippen molar-refractivity contribution < 1.29 is 23.4 Å². The van der Waals surface area contributed by atoms with Gasteiger partial charge in [0.25, 0.3) is 0 Å². The Kier molecular flexibility index (Phi) is 5.40. The van der Waals surface area contributed by atoms with Gasteiger partial charge in [0, 0.05) is 5.56 Å². The number of hydrogen-bond donors (Lipinski definition) is 2. The van der Waals surface area contributed by atoms with Crippen molar-refractivity contribution in [2.75, 3.05) is 0 Å². The largest absolute Gasteiger partial charge is 0.471 e. The molecule has 0 amide bonds. The average Bonchev–Trinajstić information content (AvgIpc) is 3.15. The lowest BCUT2D eigenvalue weighted by Crippen LogP contribution is -2.10. The molecule has 6 nitrogen and oxygen atoms in total. The first-order valence-electron chi connectivity index (χ1n) is 10.1. The Morgan fingerprint density at radius 3 is 2.72 bits per heavy atom. The molecule has 2 heterocycles. The predicted molar refractivity (Wildman–Crippen MR) is 114 cm³/mol. The molecule has 0 spiro atoms. The molecule has 1 aliphatic carbocycles. The Morgan fingerprint density at radius 2 is 1.91 bits per heavy atom. The molecule has 5 rings (SSSR count). The number of ether oxygens (including phenoxy) is 2. The highest BCUT2D eigenvalue weighted by Gasteiger charge is 2.22. The van der Waals surface area contributed by atoms with Gasteiger partial charge in [0.2, 0.25) is 5.88 Å². The fraction of sp³-hybridized carbons (Fsp3) is 0.217. The monoisotopic (exact) mass is 457 g/mol. The van der Waals surface area contributed by atoms with E-state index in [2.05, 4.69) is 15.0 Å². The molecule has 2 aromatic carbocycles. The van der Waals surface area contributed by atoms with Gasteiger partial charge in [0.1, 0.15) is 29.0 Å². The number of nitrogens with one attached hydrogen (secondary N) is 1. The summed E-state index contributed by atoms with van der Waals surface area (Å²) in [4.78, 5) is 11.6. The number of hydrogen-bond acceptors (Lipinski definition) is 5. The predicted octanol–water partition coefficient (Wildman–Crippen LogP) is 5.63. The van der Waals surface area contributed by atoms with E-state index in [1.54, 1.807) is 6.07 Å². The Bertz CT molecular complexity index is 1290. The second-order valence-corrected chi connectivity index (χ2v) is 7.92. The molecule has 0 saturated heterocycles. The lowest BCUT2D eigenvalue weighted by atomic mass is 9.89. The number of aromatic nitrogens is 3. The lowest BCUT2D eigenvalue weighted by Gasteiger charge is -2.22. The standard InChI is InChI=1S/C23H18ClF2N3O3/c24-15-10-18-21(28-22(15)31-11-14-16(25)6-3-7-17(14)26)29-23(27-18)32-20-9-2-4-12-13(20)5-1-8-19(12)30/h2-4,6-7,9-10,19,30H,1,5,8,11H2,(H,27,28,29). The van der Waals surface area contributed by atoms with Crippen molar-refractivity contribution in [2.45, 2.75) is 32.0 Å². The molecule has 1 unspecified atom stereocenters. The molecule has 4 aromatic rings. The summed E-state index contributed by atoms with van der Waals surface area (Å²) in [6.45, 7) is -0.372. The molecule has 0 aliphatic heterocycles. The molecule has 0 fully saturated rings. The Hall–Kier alpha value is -3.23. The van der Waals surface area contributed by atoms with Crippen LogP contribution in [0.25, 0.3) is 11.2 Å². The maximum atomic E-state index is 13.8. The van der Waals surface area contributed by atoms with Gasteiger partial charge in [0.05, 0.1) is 17.2 Å². The van der Waals surface area contributed by atoms with Gasteiger partial charge in [-0.05, 0) is 49.1 Å². The number of rotatable bonds is 5. The SMILES string of the molecule is OC1CCCc2c(Oc3nc4nc(OCc5c(F)cccc5F)c(Cl)cc4[nH]3)cccc21. The van der Waals surface area contributed by atoms with Gasteiger partial charge in [-0.2, -0.15) is 9.97 Å². The summed E-state index contributed by atoms with van der Waals surface area (Å²) >= 11 is 6.24. The van der Waals surface area contributed by atoms with Crippen LogP contribution < -0.4 is 9.47 Å². The topological polar surface area (TPSA) is 80.3 Å². The van der Waals surface area contributed by atoms with Crippen LogP contribution in [0.2, 0.25) is 5.02 Å². The van der Waals surface area contributed by atoms with Crippen LogP contribution in [0.1, 0.15) is 35.6 Å². The van der Waals surface area contributed by atoms with Crippen LogP contribution in [-0.2, 0) is 13.0 Å². The van der Waals surface area contributed by atoms with Crippen LogP contribution in [-0.4, -0.2) is 20.1 Å². The molecular formula is C23H18ClF2N3O3. The summed E-state index contributed by atoms with van der Waals surface area (Å²) in [6.07, 6.45) is 1.90. The third-order valence-electron chi connectivity index (χ3n) is 5.43. The van der Waals surface area contributed by atoms with Gasteiger partial charge < -0.3 is 19.6 Å². The van der Waals surface area contributed by atoms with Crippen molar-refractivity contribution in [3.63, 3.8) is 0 Å². The van der Waals surface area contributed by atoms with Crippen molar-refractivity contribution in [1.82, 2.24) is 15.0 Å². The van der Waals surface area contributed by atoms with E-state index in [1.165, 1.54) is 6.07 Å². The van der Waals surface area contributed by atoms with Gasteiger partial charge in [-0.3, -0.25) is 0 Å². The van der Waals surface area contributed by atoms with Gasteiger partial charge >= 0.3 is 6.01 Å². The summed E-state index contributed by atoms with van der Waals surface area (Å²) < 4.78 is 39.1. The first-order valence-corrected chi connectivity index (χ1v) is 10.5. The molecule has 0 radical (unpaired) electrons. The molecule has 0 saturated carbocycles. The molecule has 32 heavy (non-hydrogen) atoms. The number of aliphatic hydroxyl groups excluding tert-OH is 1. The van der Waals surface area contributed by atoms with E-state index in [4.69, 9.17) is 21.1 Å². The minimum absolute atomic E-state index is 0.0000763. The first-order chi connectivity index (χ1) is 15.5. The molecule has 2 N–H and O–H groups in total. The van der Waals surface area contributed by atoms with Crippen molar-refractivity contribution >= 4 is 22.8 Å². The van der Waals surface area contributed by atoms with Crippen LogP contribution in [0.15, 0.2) is 42.5 Å². The van der Waals surface area contributed by atoms with Crippen LogP contribution >= 0.6 is 11.6 Å². The van der Waals surface area contributed by atoms with Gasteiger partial charge in [-0.15, -0.1) is 0 Å². The number of halogens is 3. The number of imidazole rings is 1. The number of nitrogens with zero attached hydrogens (tertiary/aromatic N) is 2. The van der Waals surface area contributed by atoms with E-state index in [9.17, 15) is 13.9 Å². The summed E-state index contributed by atoms with van der Waals surface area (Å²) in [7, 11) is 0. The van der Waals surface area contributed by atoms with Gasteiger partial charge in [0.15, 0.2) is 5.65 Å². The third kappa shape index (κ3) is 3.87. The quantitative estimate of drug-likeness (QED) is 0.406. The van der Waals surface area contributed by atoms with E-state index in [1.807, 2.05) is 18.2 Å². The zero-order valence-corrected chi connectivity index (χ0v) is 17.5. The first kappa shape index (κ1) is 20.7. The second kappa shape index (κ2) is 8.37. The number of pyridine rings is 1. The molecule has 0 bridgehead atoms. The molecule has 1 aliphatic rings. The minimum atomic E-state index is -0.714. The maximum absolute atomic E-state index is 13.8. The third-order valence-corrected chi connectivity index (χ3v) is 5.70. The van der Waals surface area contributed by atoms with E-state index < -0.39 is 17.7 Å². The fourth-order valence-corrected chi connectivity index (χ4v) is 4.04. The Morgan fingerprint density at radius 1 is 1.12 bits per heavy atom.